The predicted octanol–water partition coefficient (Wildman–Crippen LogP) is 2.80. The van der Waals surface area contributed by atoms with Gasteiger partial charge in [0.1, 0.15) is 5.82 Å². The first-order chi connectivity index (χ1) is 14.0. The van der Waals surface area contributed by atoms with Gasteiger partial charge in [-0.3, -0.25) is 9.78 Å². The van der Waals surface area contributed by atoms with Gasteiger partial charge in [-0.2, -0.15) is 4.98 Å². The fourth-order valence-corrected chi connectivity index (χ4v) is 2.70. The molecule has 1 amide bonds. The first kappa shape index (κ1) is 20.2. The molecule has 29 heavy (non-hydrogen) atoms. The molecule has 0 unspecified atom stereocenters. The number of hydrogen-bond acceptors (Lipinski definition) is 7. The maximum atomic E-state index is 12.6. The maximum Gasteiger partial charge on any atom is 0.256 e. The Morgan fingerprint density at radius 2 is 1.90 bits per heavy atom. The van der Waals surface area contributed by atoms with Crippen LogP contribution in [0, 0.1) is 5.92 Å². The first-order valence-corrected chi connectivity index (χ1v) is 9.30. The largest absolute Gasteiger partial charge is 0.399 e. The van der Waals surface area contributed by atoms with E-state index in [-0.39, 0.29) is 24.5 Å². The first-order valence-electron chi connectivity index (χ1n) is 9.30. The van der Waals surface area contributed by atoms with Gasteiger partial charge in [0.15, 0.2) is 0 Å². The fourth-order valence-electron chi connectivity index (χ4n) is 2.70. The monoisotopic (exact) mass is 392 g/mol. The van der Waals surface area contributed by atoms with Crippen molar-refractivity contribution < 1.29 is 9.90 Å². The third-order valence-corrected chi connectivity index (χ3v) is 4.41. The summed E-state index contributed by atoms with van der Waals surface area (Å²) in [6.07, 6.45) is 3.33. The van der Waals surface area contributed by atoms with E-state index >= 15 is 0 Å². The van der Waals surface area contributed by atoms with Gasteiger partial charge < -0.3 is 21.5 Å². The molecule has 0 fully saturated rings. The summed E-state index contributed by atoms with van der Waals surface area (Å²) in [5.74, 6) is 0.487. The zero-order valence-corrected chi connectivity index (χ0v) is 16.3. The summed E-state index contributed by atoms with van der Waals surface area (Å²) in [7, 11) is 0. The number of nitrogens with two attached hydrogens (primary N) is 1. The summed E-state index contributed by atoms with van der Waals surface area (Å²) >= 11 is 0. The van der Waals surface area contributed by atoms with Crippen LogP contribution in [0.25, 0.3) is 11.3 Å². The normalized spacial score (nSPS) is 11.9. The number of nitrogens with zero attached hydrogens (tertiary/aromatic N) is 3. The van der Waals surface area contributed by atoms with Crippen molar-refractivity contribution in [2.24, 2.45) is 5.92 Å². The maximum absolute atomic E-state index is 12.6. The van der Waals surface area contributed by atoms with E-state index in [0.717, 1.165) is 5.56 Å². The van der Waals surface area contributed by atoms with Crippen LogP contribution in [-0.4, -0.2) is 38.6 Å². The molecule has 0 radical (unpaired) electrons. The van der Waals surface area contributed by atoms with E-state index in [2.05, 4.69) is 25.6 Å². The second-order valence-electron chi connectivity index (χ2n) is 6.95. The molecule has 5 N–H and O–H groups in total. The molecule has 3 rings (SSSR count). The topological polar surface area (TPSA) is 126 Å². The number of aliphatic hydroxyl groups is 1. The Morgan fingerprint density at radius 3 is 2.55 bits per heavy atom. The molecule has 1 atom stereocenters. The van der Waals surface area contributed by atoms with Gasteiger partial charge in [0.25, 0.3) is 5.91 Å². The third-order valence-electron chi connectivity index (χ3n) is 4.41. The lowest BCUT2D eigenvalue weighted by Crippen LogP contribution is -2.30. The average molecular weight is 392 g/mol. The van der Waals surface area contributed by atoms with Crippen LogP contribution in [0.15, 0.2) is 54.9 Å². The molecule has 0 saturated carbocycles. The number of nitrogens with one attached hydrogen (secondary N) is 2. The van der Waals surface area contributed by atoms with Gasteiger partial charge in [0.2, 0.25) is 5.95 Å². The van der Waals surface area contributed by atoms with Crippen molar-refractivity contribution in [2.75, 3.05) is 23.0 Å². The summed E-state index contributed by atoms with van der Waals surface area (Å²) in [6.45, 7) is 3.91. The molecular formula is C21H24N6O2. The molecule has 150 valence electrons. The smallest absolute Gasteiger partial charge is 0.256 e. The molecule has 3 aromatic rings. The Balaban J connectivity index is 1.94. The van der Waals surface area contributed by atoms with Gasteiger partial charge in [-0.1, -0.05) is 19.9 Å². The molecule has 8 nitrogen and oxygen atoms in total. The number of hydrogen-bond donors (Lipinski definition) is 4. The van der Waals surface area contributed by atoms with Crippen molar-refractivity contribution >= 4 is 23.4 Å². The van der Waals surface area contributed by atoms with Crippen LogP contribution in [0.4, 0.5) is 17.5 Å². The van der Waals surface area contributed by atoms with Crippen molar-refractivity contribution in [3.8, 4) is 11.3 Å². The molecule has 0 spiro atoms. The minimum absolute atomic E-state index is 0.0640. The van der Waals surface area contributed by atoms with E-state index in [0.29, 0.717) is 28.7 Å². The second kappa shape index (κ2) is 9.11. The predicted molar refractivity (Wildman–Crippen MR) is 113 cm³/mol. The summed E-state index contributed by atoms with van der Waals surface area (Å²) in [6, 6.07) is 11.8. The number of rotatable bonds is 7. The Hall–Kier alpha value is -3.52. The zero-order valence-electron chi connectivity index (χ0n) is 16.3. The van der Waals surface area contributed by atoms with Crippen molar-refractivity contribution in [1.29, 1.82) is 0 Å². The molecule has 0 saturated heterocycles. The lowest BCUT2D eigenvalue weighted by Gasteiger charge is -2.20. The van der Waals surface area contributed by atoms with E-state index in [1.807, 2.05) is 26.0 Å². The number of pyridine rings is 1. The van der Waals surface area contributed by atoms with E-state index in [1.54, 1.807) is 42.7 Å². The van der Waals surface area contributed by atoms with Crippen LogP contribution < -0.4 is 16.4 Å². The van der Waals surface area contributed by atoms with Crippen molar-refractivity contribution in [2.45, 2.75) is 19.9 Å². The third kappa shape index (κ3) is 5.26. The molecule has 0 aliphatic heterocycles. The summed E-state index contributed by atoms with van der Waals surface area (Å²) in [4.78, 5) is 25.6. The lowest BCUT2D eigenvalue weighted by atomic mass is 10.1. The Morgan fingerprint density at radius 1 is 1.14 bits per heavy atom. The molecule has 0 aliphatic carbocycles. The Labute approximate surface area is 169 Å². The molecule has 8 heteroatoms. The van der Waals surface area contributed by atoms with Crippen LogP contribution >= 0.6 is 0 Å². The van der Waals surface area contributed by atoms with Crippen molar-refractivity contribution in [1.82, 2.24) is 15.0 Å². The van der Waals surface area contributed by atoms with Gasteiger partial charge in [0.05, 0.1) is 18.3 Å². The highest BCUT2D eigenvalue weighted by Crippen LogP contribution is 2.22. The number of amides is 1. The fraction of sp³-hybridized carbons (Fsp3) is 0.238. The summed E-state index contributed by atoms with van der Waals surface area (Å²) < 4.78 is 0. The number of benzene rings is 1. The number of aromatic nitrogens is 3. The zero-order chi connectivity index (χ0) is 20.8. The highest BCUT2D eigenvalue weighted by molar-refractivity contribution is 6.04. The highest BCUT2D eigenvalue weighted by Gasteiger charge is 2.16. The minimum atomic E-state index is -0.329. The van der Waals surface area contributed by atoms with E-state index in [1.165, 1.54) is 0 Å². The van der Waals surface area contributed by atoms with Crippen LogP contribution in [0.2, 0.25) is 0 Å². The number of carbonyl (C=O) groups is 1. The van der Waals surface area contributed by atoms with Gasteiger partial charge in [-0.25, -0.2) is 4.98 Å². The lowest BCUT2D eigenvalue weighted by molar-refractivity contribution is 0.102. The van der Waals surface area contributed by atoms with Gasteiger partial charge in [-0.05, 0) is 36.2 Å². The number of anilines is 3. The average Bonchev–Trinajstić information content (AvgIpc) is 2.72. The molecule has 0 aliphatic rings. The highest BCUT2D eigenvalue weighted by atomic mass is 16.3. The van der Waals surface area contributed by atoms with Crippen LogP contribution in [-0.2, 0) is 0 Å². The van der Waals surface area contributed by atoms with E-state index in [9.17, 15) is 9.90 Å². The number of aliphatic hydroxyl groups excluding tert-OH is 1. The molecule has 2 aromatic heterocycles. The van der Waals surface area contributed by atoms with Gasteiger partial charge in [0, 0.05) is 35.3 Å². The Bertz CT molecular complexity index is 978. The number of nitrogen functional groups attached to an aromatic ring is 1. The molecule has 1 aromatic carbocycles. The van der Waals surface area contributed by atoms with Crippen molar-refractivity contribution in [3.05, 3.63) is 60.4 Å². The quantitative estimate of drug-likeness (QED) is 0.455. The second-order valence-corrected chi connectivity index (χ2v) is 6.95. The molecule has 0 bridgehead atoms. The SMILES string of the molecule is CC(C)[C@@H](CO)Nc1nc(NC(=O)c2cccc(N)c2)cc(-c2ccncc2)n1. The van der Waals surface area contributed by atoms with Crippen LogP contribution in [0.1, 0.15) is 24.2 Å². The van der Waals surface area contributed by atoms with Crippen LogP contribution in [0.5, 0.6) is 0 Å². The number of carbonyl (C=O) groups excluding carboxylic acids is 1. The minimum Gasteiger partial charge on any atom is -0.399 e. The summed E-state index contributed by atoms with van der Waals surface area (Å²) in [5.41, 5.74) is 8.15. The van der Waals surface area contributed by atoms with Crippen LogP contribution in [0.3, 0.4) is 0 Å². The van der Waals surface area contributed by atoms with Gasteiger partial charge in [-0.15, -0.1) is 0 Å². The molecule has 2 heterocycles. The Kier molecular flexibility index (Phi) is 6.36. The van der Waals surface area contributed by atoms with Crippen molar-refractivity contribution in [3.63, 3.8) is 0 Å². The van der Waals surface area contributed by atoms with E-state index in [4.69, 9.17) is 5.73 Å². The standard InChI is InChI=1S/C21H24N6O2/c1-13(2)18(12-28)25-21-24-17(14-6-8-23-9-7-14)11-19(27-21)26-20(29)15-4-3-5-16(22)10-15/h3-11,13,18,28H,12,22H2,1-2H3,(H2,24,25,26,27,29)/t18-/m1/s1. The summed E-state index contributed by atoms with van der Waals surface area (Å²) in [5, 5.41) is 15.6. The van der Waals surface area contributed by atoms with E-state index < -0.39 is 0 Å². The molecular weight excluding hydrogens is 368 g/mol. The van der Waals surface area contributed by atoms with Gasteiger partial charge >= 0.3 is 0 Å².